The van der Waals surface area contributed by atoms with Gasteiger partial charge in [0.15, 0.2) is 0 Å². The van der Waals surface area contributed by atoms with Gasteiger partial charge in [-0.1, -0.05) is 32.0 Å². The number of anilines is 1. The maximum absolute atomic E-state index is 12.3. The molecule has 0 N–H and O–H groups in total. The summed E-state index contributed by atoms with van der Waals surface area (Å²) in [5.41, 5.74) is 2.89. The molecule has 0 radical (unpaired) electrons. The van der Waals surface area contributed by atoms with Crippen molar-refractivity contribution in [2.24, 2.45) is 5.92 Å². The average Bonchev–Trinajstić information content (AvgIpc) is 2.97. The summed E-state index contributed by atoms with van der Waals surface area (Å²) in [6.45, 7) is 5.12. The zero-order valence-corrected chi connectivity index (χ0v) is 10.6. The Morgan fingerprint density at radius 2 is 2.06 bits per heavy atom. The smallest absolute Gasteiger partial charge is 0.227 e. The minimum absolute atomic E-state index is 0.288. The number of amides is 1. The van der Waals surface area contributed by atoms with Crippen LogP contribution in [0.2, 0.25) is 0 Å². The molecule has 0 aromatic heterocycles. The lowest BCUT2D eigenvalue weighted by molar-refractivity contribution is -0.119. The largest absolute Gasteiger partial charge is 0.311 e. The number of carbonyl (C=O) groups is 1. The number of hydrogen-bond acceptors (Lipinski definition) is 1. The molecule has 2 heteroatoms. The van der Waals surface area contributed by atoms with E-state index in [1.54, 1.807) is 0 Å². The number of fused-ring (bicyclic) bond motifs is 2. The van der Waals surface area contributed by atoms with Crippen molar-refractivity contribution in [3.05, 3.63) is 29.8 Å². The molecule has 0 saturated heterocycles. The fraction of sp³-hybridized carbons (Fsp3) is 0.533. The van der Waals surface area contributed by atoms with Crippen molar-refractivity contribution in [2.75, 3.05) is 11.4 Å². The number of nitrogens with zero attached hydrogens (tertiary/aromatic N) is 1. The second-order valence-electron chi connectivity index (χ2n) is 5.88. The van der Waals surface area contributed by atoms with Gasteiger partial charge in [0.05, 0.1) is 0 Å². The van der Waals surface area contributed by atoms with Crippen LogP contribution in [-0.4, -0.2) is 12.5 Å². The summed E-state index contributed by atoms with van der Waals surface area (Å²) in [6.07, 6.45) is 3.15. The quantitative estimate of drug-likeness (QED) is 0.763. The lowest BCUT2D eigenvalue weighted by Crippen LogP contribution is -2.32. The third-order valence-electron chi connectivity index (χ3n) is 3.96. The molecule has 1 spiro atoms. The van der Waals surface area contributed by atoms with Gasteiger partial charge in [-0.3, -0.25) is 4.79 Å². The van der Waals surface area contributed by atoms with E-state index < -0.39 is 0 Å². The minimum Gasteiger partial charge on any atom is -0.311 e. The Kier molecular flexibility index (Phi) is 2.29. The molecule has 1 aliphatic carbocycles. The van der Waals surface area contributed by atoms with Gasteiger partial charge in [0.2, 0.25) is 5.91 Å². The third-order valence-corrected chi connectivity index (χ3v) is 3.96. The van der Waals surface area contributed by atoms with E-state index in [1.807, 2.05) is 11.0 Å². The zero-order valence-electron chi connectivity index (χ0n) is 10.6. The second-order valence-corrected chi connectivity index (χ2v) is 5.88. The SMILES string of the molecule is CC(C)CC(=O)N1CC2(CC2)c2ccccc21. The first-order chi connectivity index (χ1) is 8.12. The first-order valence-corrected chi connectivity index (χ1v) is 6.52. The Labute approximate surface area is 103 Å². The number of hydrogen-bond donors (Lipinski definition) is 0. The number of para-hydroxylation sites is 1. The Morgan fingerprint density at radius 1 is 1.35 bits per heavy atom. The molecule has 0 bridgehead atoms. The van der Waals surface area contributed by atoms with Gasteiger partial charge in [0, 0.05) is 24.1 Å². The van der Waals surface area contributed by atoms with Gasteiger partial charge in [0.1, 0.15) is 0 Å². The summed E-state index contributed by atoms with van der Waals surface area (Å²) in [7, 11) is 0. The summed E-state index contributed by atoms with van der Waals surface area (Å²) in [5.74, 6) is 0.724. The molecule has 2 aliphatic rings. The predicted molar refractivity (Wildman–Crippen MR) is 69.2 cm³/mol. The molecule has 1 amide bonds. The zero-order chi connectivity index (χ0) is 12.0. The first kappa shape index (κ1) is 10.8. The van der Waals surface area contributed by atoms with Crippen molar-refractivity contribution < 1.29 is 4.79 Å². The van der Waals surface area contributed by atoms with Gasteiger partial charge >= 0.3 is 0 Å². The molecule has 1 heterocycles. The van der Waals surface area contributed by atoms with E-state index in [-0.39, 0.29) is 5.91 Å². The highest BCUT2D eigenvalue weighted by Crippen LogP contribution is 2.56. The van der Waals surface area contributed by atoms with Gasteiger partial charge in [-0.05, 0) is 30.4 Å². The van der Waals surface area contributed by atoms with Crippen molar-refractivity contribution in [3.8, 4) is 0 Å². The van der Waals surface area contributed by atoms with Crippen LogP contribution in [0.3, 0.4) is 0 Å². The van der Waals surface area contributed by atoms with Crippen molar-refractivity contribution in [2.45, 2.75) is 38.5 Å². The Bertz CT molecular complexity index is 460. The molecular weight excluding hydrogens is 210 g/mol. The molecule has 3 rings (SSSR count). The predicted octanol–water partition coefficient (Wildman–Crippen LogP) is 3.11. The van der Waals surface area contributed by atoms with Crippen LogP contribution in [0.15, 0.2) is 24.3 Å². The van der Waals surface area contributed by atoms with Gasteiger partial charge < -0.3 is 4.90 Å². The highest BCUT2D eigenvalue weighted by Gasteiger charge is 2.52. The number of carbonyl (C=O) groups excluding carboxylic acids is 1. The molecule has 2 nitrogen and oxygen atoms in total. The van der Waals surface area contributed by atoms with Gasteiger partial charge in [0.25, 0.3) is 0 Å². The van der Waals surface area contributed by atoms with Gasteiger partial charge in [-0.2, -0.15) is 0 Å². The summed E-state index contributed by atoms with van der Waals surface area (Å²) >= 11 is 0. The molecule has 0 unspecified atom stereocenters. The van der Waals surface area contributed by atoms with E-state index >= 15 is 0 Å². The Morgan fingerprint density at radius 3 is 2.71 bits per heavy atom. The van der Waals surface area contributed by atoms with E-state index in [0.29, 0.717) is 17.8 Å². The summed E-state index contributed by atoms with van der Waals surface area (Å²) in [5, 5.41) is 0. The van der Waals surface area contributed by atoms with Crippen LogP contribution in [-0.2, 0) is 10.2 Å². The van der Waals surface area contributed by atoms with Gasteiger partial charge in [-0.25, -0.2) is 0 Å². The molecule has 1 saturated carbocycles. The van der Waals surface area contributed by atoms with E-state index in [1.165, 1.54) is 18.4 Å². The van der Waals surface area contributed by atoms with Crippen LogP contribution in [0.5, 0.6) is 0 Å². The fourth-order valence-corrected chi connectivity index (χ4v) is 2.89. The third kappa shape index (κ3) is 1.67. The minimum atomic E-state index is 0.288. The Balaban J connectivity index is 1.92. The lowest BCUT2D eigenvalue weighted by Gasteiger charge is -2.18. The fourth-order valence-electron chi connectivity index (χ4n) is 2.89. The van der Waals surface area contributed by atoms with Crippen LogP contribution < -0.4 is 4.90 Å². The Hall–Kier alpha value is -1.31. The molecule has 1 fully saturated rings. The maximum atomic E-state index is 12.3. The van der Waals surface area contributed by atoms with Crippen LogP contribution in [0.1, 0.15) is 38.7 Å². The van der Waals surface area contributed by atoms with E-state index in [9.17, 15) is 4.79 Å². The molecule has 0 atom stereocenters. The first-order valence-electron chi connectivity index (χ1n) is 6.52. The van der Waals surface area contributed by atoms with Crippen molar-refractivity contribution in [3.63, 3.8) is 0 Å². The molecule has 1 aromatic rings. The van der Waals surface area contributed by atoms with E-state index in [0.717, 1.165) is 12.2 Å². The maximum Gasteiger partial charge on any atom is 0.227 e. The van der Waals surface area contributed by atoms with E-state index in [4.69, 9.17) is 0 Å². The molecule has 1 aliphatic heterocycles. The topological polar surface area (TPSA) is 20.3 Å². The van der Waals surface area contributed by atoms with Crippen LogP contribution >= 0.6 is 0 Å². The highest BCUT2D eigenvalue weighted by molar-refractivity contribution is 5.96. The second kappa shape index (κ2) is 3.59. The summed E-state index contributed by atoms with van der Waals surface area (Å²) in [4.78, 5) is 14.3. The molecular formula is C15H19NO. The summed E-state index contributed by atoms with van der Waals surface area (Å²) in [6, 6.07) is 8.43. The molecule has 90 valence electrons. The van der Waals surface area contributed by atoms with Crippen LogP contribution in [0.25, 0.3) is 0 Å². The summed E-state index contributed by atoms with van der Waals surface area (Å²) < 4.78 is 0. The van der Waals surface area contributed by atoms with Crippen molar-refractivity contribution in [1.82, 2.24) is 0 Å². The molecule has 17 heavy (non-hydrogen) atoms. The van der Waals surface area contributed by atoms with Crippen LogP contribution in [0, 0.1) is 5.92 Å². The number of rotatable bonds is 2. The van der Waals surface area contributed by atoms with E-state index in [2.05, 4.69) is 32.0 Å². The lowest BCUT2D eigenvalue weighted by atomic mass is 9.99. The van der Waals surface area contributed by atoms with Crippen molar-refractivity contribution in [1.29, 1.82) is 0 Å². The highest BCUT2D eigenvalue weighted by atomic mass is 16.2. The number of benzene rings is 1. The van der Waals surface area contributed by atoms with Gasteiger partial charge in [-0.15, -0.1) is 0 Å². The average molecular weight is 229 g/mol. The molecule has 1 aromatic carbocycles. The van der Waals surface area contributed by atoms with Crippen LogP contribution in [0.4, 0.5) is 5.69 Å². The van der Waals surface area contributed by atoms with Crippen molar-refractivity contribution >= 4 is 11.6 Å². The monoisotopic (exact) mass is 229 g/mol. The standard InChI is InChI=1S/C15H19NO/c1-11(2)9-14(17)16-10-15(7-8-15)12-5-3-4-6-13(12)16/h3-6,11H,7-10H2,1-2H3. The normalized spacial score (nSPS) is 19.8.